The second-order valence-corrected chi connectivity index (χ2v) is 12.4. The summed E-state index contributed by atoms with van der Waals surface area (Å²) in [6, 6.07) is 25.2. The van der Waals surface area contributed by atoms with E-state index in [2.05, 4.69) is 22.6 Å². The minimum Gasteiger partial charge on any atom is -0.497 e. The molecule has 1 aliphatic rings. The predicted octanol–water partition coefficient (Wildman–Crippen LogP) is 8.43. The van der Waals surface area contributed by atoms with Crippen LogP contribution >= 0.6 is 46.0 Å². The van der Waals surface area contributed by atoms with Gasteiger partial charge >= 0.3 is 5.97 Å². The molecule has 4 aromatic rings. The number of carbonyl (C=O) groups excluding carboxylic acids is 1. The fraction of sp³-hybridized carbons (Fsp3) is 0.147. The van der Waals surface area contributed by atoms with Crippen LogP contribution in [0.1, 0.15) is 34.0 Å². The first-order chi connectivity index (χ1) is 21.7. The van der Waals surface area contributed by atoms with E-state index in [4.69, 9.17) is 30.8 Å². The summed E-state index contributed by atoms with van der Waals surface area (Å²) in [4.78, 5) is 31.9. The first kappa shape index (κ1) is 32.4. The van der Waals surface area contributed by atoms with E-state index >= 15 is 0 Å². The molecule has 1 fully saturated rings. The van der Waals surface area contributed by atoms with Crippen molar-refractivity contribution in [1.29, 1.82) is 0 Å². The number of ether oxygens (including phenoxy) is 3. The molecule has 0 bridgehead atoms. The lowest BCUT2D eigenvalue weighted by atomic mass is 10.1. The number of benzene rings is 4. The fourth-order valence-corrected chi connectivity index (χ4v) is 6.03. The summed E-state index contributed by atoms with van der Waals surface area (Å²) in [6.45, 7) is 2.80. The Morgan fingerprint density at radius 1 is 1.00 bits per heavy atom. The van der Waals surface area contributed by atoms with Crippen molar-refractivity contribution in [3.63, 3.8) is 0 Å². The molecule has 0 saturated carbocycles. The molecule has 0 spiro atoms. The third-order valence-corrected chi connectivity index (χ3v) is 8.66. The third kappa shape index (κ3) is 8.19. The molecule has 1 N–H and O–H groups in total. The lowest BCUT2D eigenvalue weighted by molar-refractivity contribution is -0.122. The molecule has 45 heavy (non-hydrogen) atoms. The van der Waals surface area contributed by atoms with E-state index in [0.717, 1.165) is 14.7 Å². The number of amides is 1. The Hall–Kier alpha value is -4.00. The summed E-state index contributed by atoms with van der Waals surface area (Å²) in [7, 11) is 1.59. The average molecular weight is 755 g/mol. The number of carboxylic acids is 1. The van der Waals surface area contributed by atoms with Crippen LogP contribution in [0.5, 0.6) is 17.2 Å². The highest BCUT2D eigenvalue weighted by molar-refractivity contribution is 14.1. The molecule has 1 aliphatic heterocycles. The van der Waals surface area contributed by atoms with Gasteiger partial charge in [-0.1, -0.05) is 35.9 Å². The van der Waals surface area contributed by atoms with Gasteiger partial charge in [0.1, 0.15) is 12.4 Å². The smallest absolute Gasteiger partial charge is 0.335 e. The van der Waals surface area contributed by atoms with Gasteiger partial charge in [-0.3, -0.25) is 9.69 Å². The average Bonchev–Trinajstić information content (AvgIpc) is 3.31. The van der Waals surface area contributed by atoms with Crippen LogP contribution in [-0.2, 0) is 17.9 Å². The van der Waals surface area contributed by atoms with Gasteiger partial charge in [-0.05, 0) is 125 Å². The molecule has 1 amide bonds. The maximum Gasteiger partial charge on any atom is 0.335 e. The van der Waals surface area contributed by atoms with E-state index in [0.29, 0.717) is 56.8 Å². The normalized spacial score (nSPS) is 14.7. The molecular weight excluding hydrogens is 727 g/mol. The first-order valence-corrected chi connectivity index (χ1v) is 16.1. The molecule has 1 saturated heterocycles. The minimum atomic E-state index is -1.02. The zero-order valence-corrected chi connectivity index (χ0v) is 28.1. The van der Waals surface area contributed by atoms with Gasteiger partial charge in [0.05, 0.1) is 41.4 Å². The van der Waals surface area contributed by atoms with Gasteiger partial charge in [0.25, 0.3) is 5.91 Å². The molecule has 230 valence electrons. The Kier molecular flexibility index (Phi) is 10.7. The topological polar surface area (TPSA) is 97.7 Å². The van der Waals surface area contributed by atoms with E-state index in [9.17, 15) is 14.7 Å². The zero-order chi connectivity index (χ0) is 31.9. The molecule has 1 heterocycles. The Morgan fingerprint density at radius 2 is 1.69 bits per heavy atom. The number of aliphatic imine (C=N–C) groups is 1. The van der Waals surface area contributed by atoms with Crippen LogP contribution in [0.3, 0.4) is 0 Å². The molecule has 11 heteroatoms. The Labute approximate surface area is 283 Å². The van der Waals surface area contributed by atoms with E-state index < -0.39 is 5.97 Å². The summed E-state index contributed by atoms with van der Waals surface area (Å²) >= 11 is 10.2. The number of aromatic carboxylic acids is 1. The Balaban J connectivity index is 1.45. The fourth-order valence-electron chi connectivity index (χ4n) is 4.40. The van der Waals surface area contributed by atoms with Gasteiger partial charge < -0.3 is 19.3 Å². The minimum absolute atomic E-state index is 0.168. The van der Waals surface area contributed by atoms with Gasteiger partial charge in [-0.2, -0.15) is 0 Å². The van der Waals surface area contributed by atoms with Gasteiger partial charge in [-0.25, -0.2) is 9.79 Å². The number of carbonyl (C=O) groups is 2. The number of amidine groups is 1. The van der Waals surface area contributed by atoms with Crippen molar-refractivity contribution in [1.82, 2.24) is 4.90 Å². The number of hydrogen-bond acceptors (Lipinski definition) is 7. The number of nitrogens with zero attached hydrogens (tertiary/aromatic N) is 2. The summed E-state index contributed by atoms with van der Waals surface area (Å²) in [6.07, 6.45) is 1.75. The molecular formula is C34H28ClIN2O6S. The molecule has 0 aromatic heterocycles. The quantitative estimate of drug-likeness (QED) is 0.121. The number of rotatable bonds is 11. The van der Waals surface area contributed by atoms with Crippen molar-refractivity contribution >= 4 is 74.8 Å². The second kappa shape index (κ2) is 14.9. The predicted molar refractivity (Wildman–Crippen MR) is 186 cm³/mol. The monoisotopic (exact) mass is 754 g/mol. The second-order valence-electron chi connectivity index (χ2n) is 9.77. The van der Waals surface area contributed by atoms with Crippen molar-refractivity contribution in [2.45, 2.75) is 20.1 Å². The lowest BCUT2D eigenvalue weighted by Crippen LogP contribution is -2.28. The largest absolute Gasteiger partial charge is 0.497 e. The van der Waals surface area contributed by atoms with Gasteiger partial charge in [0, 0.05) is 3.57 Å². The van der Waals surface area contributed by atoms with Crippen LogP contribution in [0.4, 0.5) is 5.69 Å². The van der Waals surface area contributed by atoms with Crippen LogP contribution in [0.15, 0.2) is 94.8 Å². The highest BCUT2D eigenvalue weighted by Crippen LogP contribution is 2.40. The number of halogens is 2. The molecule has 8 nitrogen and oxygen atoms in total. The van der Waals surface area contributed by atoms with Gasteiger partial charge in [-0.15, -0.1) is 0 Å². The number of hydrogen-bond donors (Lipinski definition) is 1. The number of thioether (sulfide) groups is 1. The number of carboxylic acid groups (broad SMARTS) is 1. The first-order valence-electron chi connectivity index (χ1n) is 13.8. The van der Waals surface area contributed by atoms with Crippen molar-refractivity contribution in [3.05, 3.63) is 121 Å². The van der Waals surface area contributed by atoms with E-state index in [1.54, 1.807) is 54.5 Å². The van der Waals surface area contributed by atoms with Gasteiger partial charge in [0.2, 0.25) is 0 Å². The highest BCUT2D eigenvalue weighted by Gasteiger charge is 2.34. The van der Waals surface area contributed by atoms with E-state index in [1.807, 2.05) is 43.3 Å². The third-order valence-electron chi connectivity index (χ3n) is 6.65. The Morgan fingerprint density at radius 3 is 2.33 bits per heavy atom. The van der Waals surface area contributed by atoms with Crippen LogP contribution in [0.25, 0.3) is 6.08 Å². The summed E-state index contributed by atoms with van der Waals surface area (Å²) in [5, 5.41) is 10.1. The molecule has 5 rings (SSSR count). The summed E-state index contributed by atoms with van der Waals surface area (Å²) in [5.74, 6) is 0.330. The Bertz CT molecular complexity index is 1760. The number of methoxy groups -OCH3 is 1. The maximum atomic E-state index is 13.8. The molecule has 0 radical (unpaired) electrons. The SMILES string of the molecule is CCOc1cc(/C=C2\SC(=Nc3ccc(OC)cc3)N(Cc3ccc(C(=O)O)cc3)C2=O)cc(Cl)c1OCc1ccc(I)cc1. The summed E-state index contributed by atoms with van der Waals surface area (Å²) in [5.41, 5.74) is 3.23. The van der Waals surface area contributed by atoms with Crippen LogP contribution in [0, 0.1) is 3.57 Å². The van der Waals surface area contributed by atoms with Crippen molar-refractivity contribution in [2.75, 3.05) is 13.7 Å². The standard InChI is InChI=1S/C34H28ClIN2O6S/c1-3-43-29-17-23(16-28(35)31(29)44-20-22-6-10-25(36)11-7-22)18-30-32(39)38(19-21-4-8-24(9-5-21)33(40)41)34(45-30)37-26-12-14-27(42-2)15-13-26/h4-18H,3,19-20H2,1-2H3,(H,40,41)/b30-18-,37-34?. The molecule has 0 unspecified atom stereocenters. The lowest BCUT2D eigenvalue weighted by Gasteiger charge is -2.16. The molecule has 4 aromatic carbocycles. The van der Waals surface area contributed by atoms with Crippen molar-refractivity contribution < 1.29 is 28.9 Å². The van der Waals surface area contributed by atoms with E-state index in [-0.39, 0.29) is 18.0 Å². The van der Waals surface area contributed by atoms with E-state index in [1.165, 1.54) is 23.9 Å². The van der Waals surface area contributed by atoms with Crippen LogP contribution < -0.4 is 14.2 Å². The summed E-state index contributed by atoms with van der Waals surface area (Å²) < 4.78 is 18.3. The van der Waals surface area contributed by atoms with Crippen LogP contribution in [0.2, 0.25) is 5.02 Å². The van der Waals surface area contributed by atoms with Crippen LogP contribution in [-0.4, -0.2) is 40.8 Å². The van der Waals surface area contributed by atoms with Gasteiger partial charge in [0.15, 0.2) is 16.7 Å². The maximum absolute atomic E-state index is 13.8. The van der Waals surface area contributed by atoms with Crippen molar-refractivity contribution in [3.8, 4) is 17.2 Å². The van der Waals surface area contributed by atoms with Crippen molar-refractivity contribution in [2.24, 2.45) is 4.99 Å². The molecule has 0 atom stereocenters. The molecule has 0 aliphatic carbocycles. The zero-order valence-electron chi connectivity index (χ0n) is 24.3. The highest BCUT2D eigenvalue weighted by atomic mass is 127.